The molecule has 286 valence electrons. The lowest BCUT2D eigenvalue weighted by Crippen LogP contribution is -2.11. The predicted octanol–water partition coefficient (Wildman–Crippen LogP) is 15.5. The van der Waals surface area contributed by atoms with Crippen molar-refractivity contribution in [2.45, 2.75) is 63.7 Å². The minimum atomic E-state index is 0.0192. The highest BCUT2D eigenvalue weighted by molar-refractivity contribution is 6.15. The zero-order valence-electron chi connectivity index (χ0n) is 33.9. The van der Waals surface area contributed by atoms with Crippen LogP contribution < -0.4 is 0 Å². The maximum absolute atomic E-state index is 5.46. The van der Waals surface area contributed by atoms with Crippen molar-refractivity contribution >= 4 is 22.2 Å². The first kappa shape index (κ1) is 38.6. The van der Waals surface area contributed by atoms with Crippen LogP contribution in [0.15, 0.2) is 206 Å². The summed E-state index contributed by atoms with van der Waals surface area (Å²) < 4.78 is 0. The number of allylic oxidation sites excluding steroid dienone is 9. The summed E-state index contributed by atoms with van der Waals surface area (Å²) in [6.45, 7) is 13.4. The van der Waals surface area contributed by atoms with Gasteiger partial charge >= 0.3 is 0 Å². The molecule has 1 nitrogen and oxygen atoms in total. The molecule has 0 aliphatic heterocycles. The van der Waals surface area contributed by atoms with Gasteiger partial charge in [0.15, 0.2) is 0 Å². The van der Waals surface area contributed by atoms with Gasteiger partial charge in [-0.3, -0.25) is 0 Å². The van der Waals surface area contributed by atoms with E-state index in [-0.39, 0.29) is 5.92 Å². The molecular weight excluding hydrogens is 699 g/mol. The van der Waals surface area contributed by atoms with Gasteiger partial charge < -0.3 is 0 Å². The molecule has 0 saturated heterocycles. The molecule has 58 heavy (non-hydrogen) atoms. The predicted molar refractivity (Wildman–Crippen MR) is 251 cm³/mol. The maximum Gasteiger partial charge on any atom is 0.0741 e. The Morgan fingerprint density at radius 3 is 2.14 bits per heavy atom. The van der Waals surface area contributed by atoms with Crippen LogP contribution in [0.25, 0.3) is 38.7 Å². The van der Waals surface area contributed by atoms with Crippen molar-refractivity contribution in [2.24, 2.45) is 4.99 Å². The van der Waals surface area contributed by atoms with Crippen LogP contribution in [0.4, 0.5) is 0 Å². The number of hydrogen-bond donors (Lipinski definition) is 0. The highest BCUT2D eigenvalue weighted by Gasteiger charge is 2.20. The molecule has 2 aliphatic carbocycles. The van der Waals surface area contributed by atoms with Crippen molar-refractivity contribution in [3.05, 3.63) is 234 Å². The third-order valence-electron chi connectivity index (χ3n) is 12.1. The van der Waals surface area contributed by atoms with Crippen molar-refractivity contribution < 1.29 is 0 Å². The zero-order valence-corrected chi connectivity index (χ0v) is 33.9. The normalized spacial score (nSPS) is 17.3. The SMILES string of the molecule is C=C/C=C(/N=C(C(=C)C(C)c1ccc(-c2c(CC)cccc2-c2ccc3ccccc3c2)cc1)c1ccc(C2C=CC=CC2)cc1)c1ccc(C2C=CCCC2)cc1. The number of benzene rings is 6. The van der Waals surface area contributed by atoms with E-state index in [1.165, 1.54) is 74.5 Å². The van der Waals surface area contributed by atoms with Gasteiger partial charge in [-0.1, -0.05) is 197 Å². The highest BCUT2D eigenvalue weighted by Crippen LogP contribution is 2.38. The molecule has 6 aromatic carbocycles. The Hall–Kier alpha value is -6.31. The highest BCUT2D eigenvalue weighted by atomic mass is 14.8. The second kappa shape index (κ2) is 17.9. The van der Waals surface area contributed by atoms with Crippen molar-refractivity contribution in [2.75, 3.05) is 0 Å². The average Bonchev–Trinajstić information content (AvgIpc) is 3.30. The Labute approximate surface area is 345 Å². The molecule has 3 unspecified atom stereocenters. The topological polar surface area (TPSA) is 12.4 Å². The first-order valence-electron chi connectivity index (χ1n) is 21.0. The fourth-order valence-corrected chi connectivity index (χ4v) is 8.64. The zero-order chi connectivity index (χ0) is 39.8. The van der Waals surface area contributed by atoms with Crippen molar-refractivity contribution in [1.82, 2.24) is 0 Å². The Morgan fingerprint density at radius 2 is 1.45 bits per heavy atom. The third-order valence-corrected chi connectivity index (χ3v) is 12.1. The van der Waals surface area contributed by atoms with E-state index < -0.39 is 0 Å². The second-order valence-electron chi connectivity index (χ2n) is 15.7. The van der Waals surface area contributed by atoms with E-state index in [9.17, 15) is 0 Å². The van der Waals surface area contributed by atoms with E-state index in [2.05, 4.69) is 190 Å². The van der Waals surface area contributed by atoms with Gasteiger partial charge in [-0.05, 0) is 105 Å². The minimum Gasteiger partial charge on any atom is -0.248 e. The molecule has 0 spiro atoms. The summed E-state index contributed by atoms with van der Waals surface area (Å²) in [5, 5.41) is 2.51. The van der Waals surface area contributed by atoms with Gasteiger partial charge in [0.1, 0.15) is 0 Å². The molecule has 0 heterocycles. The van der Waals surface area contributed by atoms with E-state index in [1.54, 1.807) is 0 Å². The molecule has 0 radical (unpaired) electrons. The van der Waals surface area contributed by atoms with Crippen molar-refractivity contribution in [3.8, 4) is 22.3 Å². The van der Waals surface area contributed by atoms with Crippen LogP contribution in [0.2, 0.25) is 0 Å². The molecule has 2 aliphatic rings. The number of nitrogens with zero attached hydrogens (tertiary/aromatic N) is 1. The van der Waals surface area contributed by atoms with E-state index in [4.69, 9.17) is 11.6 Å². The Balaban J connectivity index is 1.13. The van der Waals surface area contributed by atoms with E-state index in [0.29, 0.717) is 11.8 Å². The molecule has 0 amide bonds. The second-order valence-corrected chi connectivity index (χ2v) is 15.7. The lowest BCUT2D eigenvalue weighted by molar-refractivity contribution is 0.654. The van der Waals surface area contributed by atoms with Gasteiger partial charge in [-0.25, -0.2) is 4.99 Å². The first-order valence-corrected chi connectivity index (χ1v) is 21.0. The van der Waals surface area contributed by atoms with Crippen LogP contribution >= 0.6 is 0 Å². The summed E-state index contributed by atoms with van der Waals surface area (Å²) in [6.07, 6.45) is 23.0. The standard InChI is InChI=1S/C57H53N/c1-5-16-55(49-32-27-47(28-33-49)44-17-9-7-10-18-44)58-57(51-36-29-48(30-37-51)45-19-11-8-12-20-45)41(4)40(3)43-25-34-50(35-26-43)56-42(6-2)23-15-24-54(56)53-38-31-46-21-13-14-22-52(46)39-53/h5,8-9,11-17,19,21-40,44-45H,1,4,6-7,10,18,20H2,2-3H3/b55-16+,58-57?. The molecule has 0 saturated carbocycles. The Morgan fingerprint density at radius 1 is 0.724 bits per heavy atom. The first-order chi connectivity index (χ1) is 28.5. The lowest BCUT2D eigenvalue weighted by atomic mass is 9.85. The van der Waals surface area contributed by atoms with Crippen LogP contribution in [0.3, 0.4) is 0 Å². The van der Waals surface area contributed by atoms with Crippen LogP contribution in [-0.2, 0) is 6.42 Å². The molecular formula is C57H53N. The summed E-state index contributed by atoms with van der Waals surface area (Å²) in [4.78, 5) is 5.46. The van der Waals surface area contributed by atoms with Gasteiger partial charge in [-0.15, -0.1) is 0 Å². The summed E-state index contributed by atoms with van der Waals surface area (Å²) in [5.74, 6) is 0.883. The molecule has 8 rings (SSSR count). The van der Waals surface area contributed by atoms with Crippen LogP contribution in [-0.4, -0.2) is 5.71 Å². The number of aliphatic imine (C=N–C) groups is 1. The Bertz CT molecular complexity index is 2570. The lowest BCUT2D eigenvalue weighted by Gasteiger charge is -2.21. The van der Waals surface area contributed by atoms with Gasteiger partial charge in [0.25, 0.3) is 0 Å². The summed E-state index contributed by atoms with van der Waals surface area (Å²) >= 11 is 0. The molecule has 6 aromatic rings. The van der Waals surface area contributed by atoms with Crippen LogP contribution in [0, 0.1) is 0 Å². The summed E-state index contributed by atoms with van der Waals surface area (Å²) in [7, 11) is 0. The maximum atomic E-state index is 5.46. The molecule has 0 N–H and O–H groups in total. The van der Waals surface area contributed by atoms with E-state index in [1.807, 2.05) is 12.2 Å². The number of rotatable bonds is 12. The molecule has 0 fully saturated rings. The molecule has 3 atom stereocenters. The van der Waals surface area contributed by atoms with Crippen LogP contribution in [0.5, 0.6) is 0 Å². The summed E-state index contributed by atoms with van der Waals surface area (Å²) in [5.41, 5.74) is 15.1. The number of aryl methyl sites for hydroxylation is 1. The van der Waals surface area contributed by atoms with Crippen LogP contribution in [0.1, 0.15) is 90.7 Å². The molecule has 1 heteroatoms. The van der Waals surface area contributed by atoms with Gasteiger partial charge in [0.05, 0.1) is 11.4 Å². The Kier molecular flexibility index (Phi) is 11.9. The minimum absolute atomic E-state index is 0.0192. The van der Waals surface area contributed by atoms with Crippen molar-refractivity contribution in [3.63, 3.8) is 0 Å². The number of fused-ring (bicyclic) bond motifs is 1. The molecule has 0 bridgehead atoms. The largest absolute Gasteiger partial charge is 0.248 e. The fourth-order valence-electron chi connectivity index (χ4n) is 8.64. The fraction of sp³-hybridized carbons (Fsp3) is 0.175. The van der Waals surface area contributed by atoms with Crippen molar-refractivity contribution in [1.29, 1.82) is 0 Å². The van der Waals surface area contributed by atoms with Gasteiger partial charge in [0.2, 0.25) is 0 Å². The van der Waals surface area contributed by atoms with Gasteiger partial charge in [0, 0.05) is 28.9 Å². The molecule has 0 aromatic heterocycles. The van der Waals surface area contributed by atoms with Gasteiger partial charge in [-0.2, -0.15) is 0 Å². The summed E-state index contributed by atoms with van der Waals surface area (Å²) in [6, 6.07) is 49.2. The smallest absolute Gasteiger partial charge is 0.0741 e. The average molecular weight is 752 g/mol. The van der Waals surface area contributed by atoms with E-state index >= 15 is 0 Å². The number of hydrogen-bond acceptors (Lipinski definition) is 1. The third kappa shape index (κ3) is 8.36. The quantitative estimate of drug-likeness (QED) is 0.0671. The monoisotopic (exact) mass is 751 g/mol. The van der Waals surface area contributed by atoms with E-state index in [0.717, 1.165) is 41.0 Å².